The van der Waals surface area contributed by atoms with Gasteiger partial charge >= 0.3 is 0 Å². The standard InChI is InChI=1S/C27H25N5O3S/c1-17(25(34)21-4-9-24-20(16-21)12-15-31(24)18(2)33)36-27-30-29-26(19-10-13-28-14-11-19)32(27)22-5-7-23(35-3)8-6-22/h4-11,13-14,16-17H,12,15H2,1-3H3. The van der Waals surface area contributed by atoms with Crippen molar-refractivity contribution < 1.29 is 14.3 Å². The minimum atomic E-state index is -0.403. The van der Waals surface area contributed by atoms with E-state index in [4.69, 9.17) is 4.74 Å². The highest BCUT2D eigenvalue weighted by Gasteiger charge is 2.26. The molecule has 0 saturated heterocycles. The summed E-state index contributed by atoms with van der Waals surface area (Å²) in [4.78, 5) is 31.1. The number of rotatable bonds is 7. The molecular weight excluding hydrogens is 474 g/mol. The maximum Gasteiger partial charge on any atom is 0.223 e. The number of ketones is 1. The van der Waals surface area contributed by atoms with Crippen LogP contribution in [0.1, 0.15) is 29.8 Å². The lowest BCUT2D eigenvalue weighted by Crippen LogP contribution is -2.25. The number of anilines is 1. The smallest absolute Gasteiger partial charge is 0.223 e. The van der Waals surface area contributed by atoms with E-state index in [-0.39, 0.29) is 11.7 Å². The van der Waals surface area contributed by atoms with Crippen LogP contribution in [-0.2, 0) is 11.2 Å². The molecule has 2 aromatic carbocycles. The first-order valence-corrected chi connectivity index (χ1v) is 12.5. The third kappa shape index (κ3) is 4.49. The van der Waals surface area contributed by atoms with Crippen LogP contribution in [0, 0.1) is 0 Å². The van der Waals surface area contributed by atoms with E-state index in [2.05, 4.69) is 15.2 Å². The summed E-state index contributed by atoms with van der Waals surface area (Å²) >= 11 is 1.36. The average Bonchev–Trinajstić information content (AvgIpc) is 3.53. The number of hydrogen-bond acceptors (Lipinski definition) is 7. The first-order chi connectivity index (χ1) is 17.5. The third-order valence-corrected chi connectivity index (χ3v) is 7.24. The summed E-state index contributed by atoms with van der Waals surface area (Å²) in [6, 6.07) is 17.0. The van der Waals surface area contributed by atoms with Crippen LogP contribution in [0.5, 0.6) is 5.75 Å². The molecule has 1 amide bonds. The summed E-state index contributed by atoms with van der Waals surface area (Å²) in [6.07, 6.45) is 4.17. The zero-order valence-corrected chi connectivity index (χ0v) is 21.0. The molecule has 1 unspecified atom stereocenters. The predicted molar refractivity (Wildman–Crippen MR) is 139 cm³/mol. The van der Waals surface area contributed by atoms with Gasteiger partial charge < -0.3 is 9.64 Å². The van der Waals surface area contributed by atoms with E-state index in [9.17, 15) is 9.59 Å². The molecular formula is C27H25N5O3S. The van der Waals surface area contributed by atoms with Gasteiger partial charge in [-0.15, -0.1) is 10.2 Å². The molecule has 36 heavy (non-hydrogen) atoms. The van der Waals surface area contributed by atoms with Crippen molar-refractivity contribution in [2.75, 3.05) is 18.6 Å². The van der Waals surface area contributed by atoms with Gasteiger partial charge in [0.1, 0.15) is 5.75 Å². The fraction of sp³-hybridized carbons (Fsp3) is 0.222. The Hall–Kier alpha value is -3.98. The minimum Gasteiger partial charge on any atom is -0.497 e. The molecule has 0 fully saturated rings. The van der Waals surface area contributed by atoms with Crippen LogP contribution in [0.3, 0.4) is 0 Å². The molecule has 9 heteroatoms. The maximum atomic E-state index is 13.4. The topological polar surface area (TPSA) is 90.2 Å². The first kappa shape index (κ1) is 23.7. The third-order valence-electron chi connectivity index (χ3n) is 6.19. The van der Waals surface area contributed by atoms with Gasteiger partial charge in [-0.05, 0) is 73.5 Å². The van der Waals surface area contributed by atoms with Crippen LogP contribution in [0.15, 0.2) is 72.1 Å². The second-order valence-corrected chi connectivity index (χ2v) is 9.77. The molecule has 3 heterocycles. The van der Waals surface area contributed by atoms with Gasteiger partial charge in [0.2, 0.25) is 5.91 Å². The molecule has 0 radical (unpaired) electrons. The summed E-state index contributed by atoms with van der Waals surface area (Å²) in [6.45, 7) is 4.09. The van der Waals surface area contributed by atoms with Crippen LogP contribution in [-0.4, -0.2) is 50.3 Å². The van der Waals surface area contributed by atoms with Crippen molar-refractivity contribution in [2.45, 2.75) is 30.7 Å². The van der Waals surface area contributed by atoms with E-state index in [1.807, 2.05) is 60.0 Å². The average molecular weight is 500 g/mol. The summed E-state index contributed by atoms with van der Waals surface area (Å²) < 4.78 is 7.25. The number of nitrogens with zero attached hydrogens (tertiary/aromatic N) is 5. The molecule has 0 aliphatic carbocycles. The lowest BCUT2D eigenvalue weighted by molar-refractivity contribution is -0.116. The van der Waals surface area contributed by atoms with Crippen molar-refractivity contribution >= 4 is 29.1 Å². The van der Waals surface area contributed by atoms with E-state index in [1.165, 1.54) is 11.8 Å². The van der Waals surface area contributed by atoms with E-state index < -0.39 is 5.25 Å². The zero-order chi connectivity index (χ0) is 25.2. The highest BCUT2D eigenvalue weighted by atomic mass is 32.2. The number of aromatic nitrogens is 4. The molecule has 182 valence electrons. The van der Waals surface area contributed by atoms with Crippen LogP contribution >= 0.6 is 11.8 Å². The Morgan fingerprint density at radius 1 is 1.03 bits per heavy atom. The van der Waals surface area contributed by atoms with Crippen molar-refractivity contribution in [2.24, 2.45) is 0 Å². The van der Waals surface area contributed by atoms with Gasteiger partial charge in [0.25, 0.3) is 0 Å². The second-order valence-electron chi connectivity index (χ2n) is 8.46. The molecule has 0 N–H and O–H groups in total. The number of fused-ring (bicyclic) bond motifs is 1. The van der Waals surface area contributed by atoms with Crippen LogP contribution < -0.4 is 9.64 Å². The van der Waals surface area contributed by atoms with Crippen LogP contribution in [0.2, 0.25) is 0 Å². The molecule has 1 aliphatic heterocycles. The molecule has 0 spiro atoms. The van der Waals surface area contributed by atoms with E-state index in [0.717, 1.165) is 34.7 Å². The van der Waals surface area contributed by atoms with Crippen molar-refractivity contribution in [3.05, 3.63) is 78.1 Å². The molecule has 5 rings (SSSR count). The summed E-state index contributed by atoms with van der Waals surface area (Å²) in [5.74, 6) is 1.42. The molecule has 1 atom stereocenters. The summed E-state index contributed by atoms with van der Waals surface area (Å²) in [5.41, 5.74) is 4.27. The number of benzene rings is 2. The highest BCUT2D eigenvalue weighted by Crippen LogP contribution is 2.33. The zero-order valence-electron chi connectivity index (χ0n) is 20.2. The Balaban J connectivity index is 1.45. The molecule has 2 aromatic heterocycles. The summed E-state index contributed by atoms with van der Waals surface area (Å²) in [5, 5.41) is 9.09. The van der Waals surface area contributed by atoms with Gasteiger partial charge in [-0.3, -0.25) is 19.1 Å². The van der Waals surface area contributed by atoms with Gasteiger partial charge in [-0.2, -0.15) is 0 Å². The normalized spacial score (nSPS) is 13.4. The van der Waals surface area contributed by atoms with Crippen molar-refractivity contribution in [1.29, 1.82) is 0 Å². The monoisotopic (exact) mass is 499 g/mol. The number of Topliss-reactive ketones (excluding diaryl/α,β-unsaturated/α-hetero) is 1. The Labute approximate surface area is 213 Å². The second kappa shape index (κ2) is 9.94. The Morgan fingerprint density at radius 2 is 1.78 bits per heavy atom. The molecule has 0 bridgehead atoms. The number of amides is 1. The van der Waals surface area contributed by atoms with Gasteiger partial charge in [0.05, 0.1) is 12.4 Å². The van der Waals surface area contributed by atoms with E-state index >= 15 is 0 Å². The number of hydrogen-bond donors (Lipinski definition) is 0. The SMILES string of the molecule is COc1ccc(-n2c(SC(C)C(=O)c3ccc4c(c3)CCN4C(C)=O)nnc2-c2ccncc2)cc1. The highest BCUT2D eigenvalue weighted by molar-refractivity contribution is 8.00. The molecule has 1 aliphatic rings. The number of ether oxygens (including phenoxy) is 1. The number of carbonyl (C=O) groups excluding carboxylic acids is 2. The van der Waals surface area contributed by atoms with Crippen molar-refractivity contribution in [3.8, 4) is 22.8 Å². The molecule has 8 nitrogen and oxygen atoms in total. The van der Waals surface area contributed by atoms with E-state index in [1.54, 1.807) is 37.4 Å². The number of thioether (sulfide) groups is 1. The van der Waals surface area contributed by atoms with Crippen LogP contribution in [0.4, 0.5) is 5.69 Å². The molecule has 0 saturated carbocycles. The number of pyridine rings is 1. The van der Waals surface area contributed by atoms with Gasteiger partial charge in [0, 0.05) is 48.4 Å². The van der Waals surface area contributed by atoms with Gasteiger partial charge in [0.15, 0.2) is 16.8 Å². The van der Waals surface area contributed by atoms with Crippen molar-refractivity contribution in [1.82, 2.24) is 19.7 Å². The lowest BCUT2D eigenvalue weighted by atomic mass is 10.0. The molecule has 4 aromatic rings. The number of carbonyl (C=O) groups is 2. The fourth-order valence-electron chi connectivity index (χ4n) is 4.33. The number of methoxy groups -OCH3 is 1. The Kier molecular flexibility index (Phi) is 6.56. The van der Waals surface area contributed by atoms with Crippen molar-refractivity contribution in [3.63, 3.8) is 0 Å². The lowest BCUT2D eigenvalue weighted by Gasteiger charge is -2.16. The van der Waals surface area contributed by atoms with Gasteiger partial charge in [-0.25, -0.2) is 0 Å². The quantitative estimate of drug-likeness (QED) is 0.271. The first-order valence-electron chi connectivity index (χ1n) is 11.6. The Bertz CT molecular complexity index is 1420. The minimum absolute atomic E-state index is 0.00110. The predicted octanol–water partition coefficient (Wildman–Crippen LogP) is 4.61. The van der Waals surface area contributed by atoms with Crippen LogP contribution in [0.25, 0.3) is 17.1 Å². The van der Waals surface area contributed by atoms with Gasteiger partial charge in [-0.1, -0.05) is 11.8 Å². The summed E-state index contributed by atoms with van der Waals surface area (Å²) in [7, 11) is 1.63. The Morgan fingerprint density at radius 3 is 2.47 bits per heavy atom. The maximum absolute atomic E-state index is 13.4. The van der Waals surface area contributed by atoms with E-state index in [0.29, 0.717) is 23.1 Å². The largest absolute Gasteiger partial charge is 0.497 e. The fourth-order valence-corrected chi connectivity index (χ4v) is 5.27.